The average molecular weight is 577 g/mol. The second-order valence-corrected chi connectivity index (χ2v) is 13.5. The van der Waals surface area contributed by atoms with Crippen molar-refractivity contribution in [1.82, 2.24) is 20.1 Å². The van der Waals surface area contributed by atoms with Gasteiger partial charge in [-0.05, 0) is 47.0 Å². The Morgan fingerprint density at radius 1 is 1.36 bits per heavy atom. The maximum atomic E-state index is 14.9. The molecule has 1 amide bonds. The third-order valence-electron chi connectivity index (χ3n) is 7.46. The van der Waals surface area contributed by atoms with Crippen LogP contribution in [0.5, 0.6) is 5.88 Å². The molecule has 0 spiro atoms. The minimum Gasteiger partial charge on any atom is -0.468 e. The van der Waals surface area contributed by atoms with Crippen molar-refractivity contribution < 1.29 is 40.6 Å². The molecule has 216 valence electrons. The lowest BCUT2D eigenvalue weighted by atomic mass is 9.84. The molecule has 39 heavy (non-hydrogen) atoms. The molecule has 1 unspecified atom stereocenters. The predicted molar refractivity (Wildman–Crippen MR) is 133 cm³/mol. The SMILES string of the molecule is CC(n1nc(-c2cc(OCC(F)(F)F)ncc2F)c2c1C[C@H](C(=O)N[C@@]1(C)CCS(=O)(=O)C1)CC2)C(C)(C)O. The molecule has 1 aliphatic heterocycles. The number of aliphatic hydroxyl groups is 1. The van der Waals surface area contributed by atoms with E-state index in [1.54, 1.807) is 27.7 Å². The molecule has 9 nitrogen and oxygen atoms in total. The lowest BCUT2D eigenvalue weighted by Crippen LogP contribution is -2.50. The Hall–Kier alpha value is -2.74. The molecule has 1 aliphatic carbocycles. The fourth-order valence-electron chi connectivity index (χ4n) is 5.04. The predicted octanol–water partition coefficient (Wildman–Crippen LogP) is 3.16. The van der Waals surface area contributed by atoms with Gasteiger partial charge in [0.25, 0.3) is 0 Å². The van der Waals surface area contributed by atoms with Crippen molar-refractivity contribution in [1.29, 1.82) is 0 Å². The number of amides is 1. The van der Waals surface area contributed by atoms with Gasteiger partial charge in [-0.15, -0.1) is 0 Å². The summed E-state index contributed by atoms with van der Waals surface area (Å²) < 4.78 is 83.0. The molecule has 2 aliphatic rings. The molecule has 1 saturated heterocycles. The Labute approximate surface area is 223 Å². The number of nitrogens with one attached hydrogen (secondary N) is 1. The Morgan fingerprint density at radius 2 is 2.05 bits per heavy atom. The number of carbonyl (C=O) groups is 1. The van der Waals surface area contributed by atoms with Crippen molar-refractivity contribution in [3.05, 3.63) is 29.3 Å². The highest BCUT2D eigenvalue weighted by Gasteiger charge is 2.42. The lowest BCUT2D eigenvalue weighted by Gasteiger charge is -2.31. The highest BCUT2D eigenvalue weighted by Crippen LogP contribution is 2.38. The molecule has 1 fully saturated rings. The van der Waals surface area contributed by atoms with Gasteiger partial charge in [0.15, 0.2) is 22.3 Å². The van der Waals surface area contributed by atoms with Gasteiger partial charge < -0.3 is 15.2 Å². The first kappa shape index (κ1) is 29.2. The number of ether oxygens (including phenoxy) is 1. The number of fused-ring (bicyclic) bond motifs is 1. The zero-order chi connectivity index (χ0) is 29.0. The van der Waals surface area contributed by atoms with Gasteiger partial charge >= 0.3 is 6.18 Å². The van der Waals surface area contributed by atoms with E-state index in [1.807, 2.05) is 0 Å². The number of hydrogen-bond acceptors (Lipinski definition) is 7. The molecule has 2 aromatic heterocycles. The van der Waals surface area contributed by atoms with E-state index in [0.717, 1.165) is 12.3 Å². The van der Waals surface area contributed by atoms with Crippen LogP contribution >= 0.6 is 0 Å². The number of pyridine rings is 1. The van der Waals surface area contributed by atoms with Crippen LogP contribution in [0.3, 0.4) is 0 Å². The molecule has 0 radical (unpaired) electrons. The largest absolute Gasteiger partial charge is 0.468 e. The van der Waals surface area contributed by atoms with Crippen LogP contribution in [0.25, 0.3) is 11.3 Å². The van der Waals surface area contributed by atoms with Gasteiger partial charge in [0.1, 0.15) is 0 Å². The van der Waals surface area contributed by atoms with Crippen LogP contribution in [0.4, 0.5) is 17.6 Å². The summed E-state index contributed by atoms with van der Waals surface area (Å²) in [6, 6.07) is 0.452. The molecule has 3 atom stereocenters. The summed E-state index contributed by atoms with van der Waals surface area (Å²) in [5, 5.41) is 18.2. The number of alkyl halides is 3. The van der Waals surface area contributed by atoms with E-state index in [2.05, 4.69) is 15.4 Å². The summed E-state index contributed by atoms with van der Waals surface area (Å²) in [6.07, 6.45) is -2.66. The van der Waals surface area contributed by atoms with Crippen LogP contribution in [-0.4, -0.2) is 69.6 Å². The number of sulfone groups is 1. The molecular formula is C25H32F4N4O5S. The van der Waals surface area contributed by atoms with E-state index in [1.165, 1.54) is 4.68 Å². The van der Waals surface area contributed by atoms with Gasteiger partial charge in [-0.2, -0.15) is 18.3 Å². The van der Waals surface area contributed by atoms with Gasteiger partial charge in [-0.1, -0.05) is 0 Å². The summed E-state index contributed by atoms with van der Waals surface area (Å²) in [6.45, 7) is 4.98. The average Bonchev–Trinajstić information content (AvgIpc) is 3.32. The monoisotopic (exact) mass is 576 g/mol. The van der Waals surface area contributed by atoms with Gasteiger partial charge in [0.2, 0.25) is 11.8 Å². The van der Waals surface area contributed by atoms with Crippen molar-refractivity contribution >= 4 is 15.7 Å². The Kier molecular flexibility index (Phi) is 7.52. The zero-order valence-electron chi connectivity index (χ0n) is 22.1. The topological polar surface area (TPSA) is 123 Å². The smallest absolute Gasteiger partial charge is 0.422 e. The minimum absolute atomic E-state index is 0.00396. The molecule has 4 rings (SSSR count). The third kappa shape index (κ3) is 6.53. The standard InChI is InChI=1S/C25H32F4N4O5S/c1-14(23(2,3)35)33-19-9-15(22(34)31-24(4)7-8-39(36,37)13-24)5-6-16(19)21(32-33)17-10-20(30-11-18(17)26)38-12-25(27,28)29/h10-11,14-15,35H,5-9,12-13H2,1-4H3,(H,31,34)/t14?,15-,24+/m1/s1. The summed E-state index contributed by atoms with van der Waals surface area (Å²) in [4.78, 5) is 16.8. The molecular weight excluding hydrogens is 544 g/mol. The maximum Gasteiger partial charge on any atom is 0.422 e. The van der Waals surface area contributed by atoms with E-state index in [9.17, 15) is 35.9 Å². The first-order chi connectivity index (χ1) is 17.9. The van der Waals surface area contributed by atoms with Crippen molar-refractivity contribution in [3.8, 4) is 17.1 Å². The van der Waals surface area contributed by atoms with E-state index in [0.29, 0.717) is 30.5 Å². The molecule has 0 bridgehead atoms. The quantitative estimate of drug-likeness (QED) is 0.486. The van der Waals surface area contributed by atoms with Gasteiger partial charge in [-0.25, -0.2) is 17.8 Å². The Morgan fingerprint density at radius 3 is 2.64 bits per heavy atom. The first-order valence-electron chi connectivity index (χ1n) is 12.6. The van der Waals surface area contributed by atoms with Crippen molar-refractivity contribution in [2.45, 2.75) is 76.7 Å². The van der Waals surface area contributed by atoms with Crippen molar-refractivity contribution in [2.24, 2.45) is 5.92 Å². The van der Waals surface area contributed by atoms with E-state index < -0.39 is 57.4 Å². The van der Waals surface area contributed by atoms with E-state index >= 15 is 0 Å². The Balaban J connectivity index is 1.68. The number of aromatic nitrogens is 3. The van der Waals surface area contributed by atoms with E-state index in [-0.39, 0.29) is 35.1 Å². The number of nitrogens with zero attached hydrogens (tertiary/aromatic N) is 3. The number of rotatable bonds is 7. The van der Waals surface area contributed by atoms with Crippen LogP contribution in [0, 0.1) is 11.7 Å². The highest BCUT2D eigenvalue weighted by molar-refractivity contribution is 7.91. The third-order valence-corrected chi connectivity index (χ3v) is 9.36. The van der Waals surface area contributed by atoms with Crippen LogP contribution < -0.4 is 10.1 Å². The normalized spacial score (nSPS) is 23.8. The molecule has 14 heteroatoms. The summed E-state index contributed by atoms with van der Waals surface area (Å²) in [7, 11) is -3.23. The lowest BCUT2D eigenvalue weighted by molar-refractivity contribution is -0.154. The molecule has 2 N–H and O–H groups in total. The fourth-order valence-corrected chi connectivity index (χ4v) is 7.13. The fraction of sp³-hybridized carbons (Fsp3) is 0.640. The summed E-state index contributed by atoms with van der Waals surface area (Å²) >= 11 is 0. The molecule has 0 saturated carbocycles. The molecule has 3 heterocycles. The maximum absolute atomic E-state index is 14.9. The molecule has 2 aromatic rings. The second-order valence-electron chi connectivity index (χ2n) is 11.3. The first-order valence-corrected chi connectivity index (χ1v) is 14.4. The van der Waals surface area contributed by atoms with Gasteiger partial charge in [0.05, 0.1) is 40.6 Å². The van der Waals surface area contributed by atoms with Crippen molar-refractivity contribution in [3.63, 3.8) is 0 Å². The van der Waals surface area contributed by atoms with E-state index in [4.69, 9.17) is 4.74 Å². The van der Waals surface area contributed by atoms with Crippen LogP contribution in [0.1, 0.15) is 57.8 Å². The van der Waals surface area contributed by atoms with Gasteiger partial charge in [0, 0.05) is 35.2 Å². The van der Waals surface area contributed by atoms with Crippen LogP contribution in [0.2, 0.25) is 0 Å². The van der Waals surface area contributed by atoms with Crippen LogP contribution in [-0.2, 0) is 27.5 Å². The number of carbonyl (C=O) groups excluding carboxylic acids is 1. The minimum atomic E-state index is -4.60. The van der Waals surface area contributed by atoms with Crippen LogP contribution in [0.15, 0.2) is 12.3 Å². The van der Waals surface area contributed by atoms with Crippen molar-refractivity contribution in [2.75, 3.05) is 18.1 Å². The summed E-state index contributed by atoms with van der Waals surface area (Å²) in [5.74, 6) is -2.19. The highest BCUT2D eigenvalue weighted by atomic mass is 32.2. The zero-order valence-corrected chi connectivity index (χ0v) is 22.9. The molecule has 0 aromatic carbocycles. The second kappa shape index (κ2) is 10.0. The van der Waals surface area contributed by atoms with Gasteiger partial charge in [-0.3, -0.25) is 9.48 Å². The number of halogens is 4. The number of hydrogen-bond donors (Lipinski definition) is 2. The Bertz CT molecular complexity index is 1370. The summed E-state index contributed by atoms with van der Waals surface area (Å²) in [5.41, 5.74) is -0.858.